The van der Waals surface area contributed by atoms with Crippen LogP contribution < -0.4 is 9.80 Å². The molecule has 0 amide bonds. The molecule has 3 heterocycles. The normalized spacial score (nSPS) is 18.7. The summed E-state index contributed by atoms with van der Waals surface area (Å²) in [5, 5.41) is 9.55. The minimum Gasteiger partial charge on any atom is -0.350 e. The van der Waals surface area contributed by atoms with Crippen LogP contribution in [0.1, 0.15) is 12.8 Å². The van der Waals surface area contributed by atoms with Crippen molar-refractivity contribution in [1.29, 1.82) is 0 Å². The second-order valence-corrected chi connectivity index (χ2v) is 7.81. The number of fused-ring (bicyclic) bond motifs is 1. The van der Waals surface area contributed by atoms with Gasteiger partial charge in [0.2, 0.25) is 0 Å². The molecule has 5 nitrogen and oxygen atoms in total. The van der Waals surface area contributed by atoms with Gasteiger partial charge in [-0.15, -0.1) is 0 Å². The second-order valence-electron chi connectivity index (χ2n) is 6.97. The van der Waals surface area contributed by atoms with Gasteiger partial charge in [-0.3, -0.25) is 5.10 Å². The van der Waals surface area contributed by atoms with E-state index in [1.807, 2.05) is 23.1 Å². The number of hydrogen-bond acceptors (Lipinski definition) is 4. The number of anilines is 2. The van der Waals surface area contributed by atoms with Gasteiger partial charge >= 0.3 is 0 Å². The Morgan fingerprint density at radius 1 is 1.15 bits per heavy atom. The maximum Gasteiger partial charge on any atom is 0.167 e. The van der Waals surface area contributed by atoms with Gasteiger partial charge in [-0.1, -0.05) is 29.3 Å². The molecule has 1 aromatic carbocycles. The van der Waals surface area contributed by atoms with Crippen molar-refractivity contribution in [3.63, 3.8) is 0 Å². The van der Waals surface area contributed by atoms with Crippen LogP contribution >= 0.6 is 23.2 Å². The zero-order valence-corrected chi connectivity index (χ0v) is 15.4. The van der Waals surface area contributed by atoms with Crippen molar-refractivity contribution < 1.29 is 4.39 Å². The number of nitrogens with zero attached hydrogens (tertiary/aromatic N) is 4. The average Bonchev–Trinajstić information content (AvgIpc) is 3.23. The summed E-state index contributed by atoms with van der Waals surface area (Å²) >= 11 is 12.3. The standard InChI is InChI=1S/C18H16Cl2FN5/c19-11-8-13(21)16(22-9-11)25-6-7-26(18(10-25)4-5-18)17-15-12(20)2-1-3-14(15)23-24-17/h1-3,8-9H,4-7,10H2,(H,23,24). The molecule has 1 saturated carbocycles. The molecule has 1 spiro atoms. The van der Waals surface area contributed by atoms with Crippen molar-refractivity contribution in [1.82, 2.24) is 15.2 Å². The fourth-order valence-corrected chi connectivity index (χ4v) is 4.31. The molecule has 1 aliphatic carbocycles. The molecule has 0 bridgehead atoms. The number of halogens is 3. The number of pyridine rings is 1. The van der Waals surface area contributed by atoms with Crippen LogP contribution in [0.4, 0.5) is 16.0 Å². The minimum atomic E-state index is -0.380. The quantitative estimate of drug-likeness (QED) is 0.708. The van der Waals surface area contributed by atoms with Gasteiger partial charge in [0.05, 0.1) is 26.5 Å². The molecular formula is C18H16Cl2FN5. The molecular weight excluding hydrogens is 376 g/mol. The van der Waals surface area contributed by atoms with Gasteiger partial charge in [-0.2, -0.15) is 5.10 Å². The molecule has 1 aliphatic heterocycles. The Balaban J connectivity index is 1.49. The summed E-state index contributed by atoms with van der Waals surface area (Å²) in [5.41, 5.74) is 0.879. The average molecular weight is 392 g/mol. The van der Waals surface area contributed by atoms with Crippen molar-refractivity contribution in [3.8, 4) is 0 Å². The van der Waals surface area contributed by atoms with Gasteiger partial charge in [-0.25, -0.2) is 9.37 Å². The van der Waals surface area contributed by atoms with Crippen molar-refractivity contribution in [2.75, 3.05) is 29.4 Å². The maximum atomic E-state index is 14.3. The molecule has 2 aliphatic rings. The molecule has 2 fully saturated rings. The topological polar surface area (TPSA) is 48.1 Å². The summed E-state index contributed by atoms with van der Waals surface area (Å²) in [5.74, 6) is 0.868. The zero-order valence-electron chi connectivity index (χ0n) is 13.8. The molecule has 0 unspecified atom stereocenters. The third-order valence-electron chi connectivity index (χ3n) is 5.34. The van der Waals surface area contributed by atoms with Crippen molar-refractivity contribution in [2.45, 2.75) is 18.4 Å². The van der Waals surface area contributed by atoms with Gasteiger partial charge in [0, 0.05) is 25.8 Å². The highest BCUT2D eigenvalue weighted by atomic mass is 35.5. The van der Waals surface area contributed by atoms with E-state index in [0.29, 0.717) is 29.0 Å². The zero-order chi connectivity index (χ0) is 17.9. The van der Waals surface area contributed by atoms with Crippen molar-refractivity contribution in [2.24, 2.45) is 0 Å². The second kappa shape index (κ2) is 5.72. The van der Waals surface area contributed by atoms with Crippen LogP contribution in [0.25, 0.3) is 10.9 Å². The van der Waals surface area contributed by atoms with Crippen LogP contribution in [0, 0.1) is 5.82 Å². The van der Waals surface area contributed by atoms with E-state index in [0.717, 1.165) is 36.1 Å². The monoisotopic (exact) mass is 391 g/mol. The van der Waals surface area contributed by atoms with Crippen LogP contribution in [-0.4, -0.2) is 40.4 Å². The third-order valence-corrected chi connectivity index (χ3v) is 5.86. The van der Waals surface area contributed by atoms with Crippen LogP contribution in [0.2, 0.25) is 10.0 Å². The number of piperazine rings is 1. The Kier molecular flexibility index (Phi) is 3.56. The van der Waals surface area contributed by atoms with E-state index in [2.05, 4.69) is 20.1 Å². The van der Waals surface area contributed by atoms with Crippen LogP contribution in [0.15, 0.2) is 30.5 Å². The number of nitrogens with one attached hydrogen (secondary N) is 1. The lowest BCUT2D eigenvalue weighted by molar-refractivity contribution is 0.494. The Labute approximate surface area is 159 Å². The van der Waals surface area contributed by atoms with Gasteiger partial charge < -0.3 is 9.80 Å². The van der Waals surface area contributed by atoms with Crippen LogP contribution in [0.5, 0.6) is 0 Å². The molecule has 26 heavy (non-hydrogen) atoms. The van der Waals surface area contributed by atoms with Crippen LogP contribution in [0.3, 0.4) is 0 Å². The lowest BCUT2D eigenvalue weighted by Gasteiger charge is -2.43. The fourth-order valence-electron chi connectivity index (χ4n) is 3.91. The highest BCUT2D eigenvalue weighted by Gasteiger charge is 2.53. The number of aromatic amines is 1. The molecule has 8 heteroatoms. The Bertz CT molecular complexity index is 1000. The molecule has 5 rings (SSSR count). The molecule has 2 aromatic heterocycles. The maximum absolute atomic E-state index is 14.3. The van der Waals surface area contributed by atoms with Gasteiger partial charge in [-0.05, 0) is 31.0 Å². The van der Waals surface area contributed by atoms with E-state index in [9.17, 15) is 4.39 Å². The Hall–Kier alpha value is -2.05. The van der Waals surface area contributed by atoms with E-state index in [1.54, 1.807) is 0 Å². The Morgan fingerprint density at radius 3 is 2.77 bits per heavy atom. The number of H-pyrrole nitrogens is 1. The minimum absolute atomic E-state index is 0.0483. The van der Waals surface area contributed by atoms with Crippen molar-refractivity contribution in [3.05, 3.63) is 46.3 Å². The van der Waals surface area contributed by atoms with E-state index in [4.69, 9.17) is 23.2 Å². The van der Waals surface area contributed by atoms with Gasteiger partial charge in [0.1, 0.15) is 0 Å². The van der Waals surface area contributed by atoms with E-state index >= 15 is 0 Å². The lowest BCUT2D eigenvalue weighted by atomic mass is 10.1. The van der Waals surface area contributed by atoms with Gasteiger partial charge in [0.25, 0.3) is 0 Å². The van der Waals surface area contributed by atoms with E-state index < -0.39 is 0 Å². The third kappa shape index (κ3) is 2.43. The predicted molar refractivity (Wildman–Crippen MR) is 102 cm³/mol. The highest BCUT2D eigenvalue weighted by molar-refractivity contribution is 6.36. The summed E-state index contributed by atoms with van der Waals surface area (Å²) < 4.78 is 14.3. The van der Waals surface area contributed by atoms with Gasteiger partial charge in [0.15, 0.2) is 17.5 Å². The number of benzene rings is 1. The highest BCUT2D eigenvalue weighted by Crippen LogP contribution is 2.48. The first-order chi connectivity index (χ1) is 12.6. The molecule has 1 N–H and O–H groups in total. The first-order valence-electron chi connectivity index (χ1n) is 8.54. The fraction of sp³-hybridized carbons (Fsp3) is 0.333. The number of aromatic nitrogens is 3. The van der Waals surface area contributed by atoms with E-state index in [1.165, 1.54) is 12.3 Å². The largest absolute Gasteiger partial charge is 0.350 e. The SMILES string of the molecule is Fc1cc(Cl)cnc1N1CCN(c2n[nH]c3cccc(Cl)c23)C2(CC2)C1. The molecule has 134 valence electrons. The molecule has 1 saturated heterocycles. The summed E-state index contributed by atoms with van der Waals surface area (Å²) in [6.45, 7) is 2.10. The molecule has 0 radical (unpaired) electrons. The summed E-state index contributed by atoms with van der Waals surface area (Å²) in [6, 6.07) is 7.08. The molecule has 3 aromatic rings. The van der Waals surface area contributed by atoms with Crippen LogP contribution in [-0.2, 0) is 0 Å². The smallest absolute Gasteiger partial charge is 0.167 e. The lowest BCUT2D eigenvalue weighted by Crippen LogP contribution is -2.56. The molecule has 0 atom stereocenters. The first-order valence-corrected chi connectivity index (χ1v) is 9.29. The Morgan fingerprint density at radius 2 is 2.00 bits per heavy atom. The summed E-state index contributed by atoms with van der Waals surface area (Å²) in [7, 11) is 0. The number of hydrogen-bond donors (Lipinski definition) is 1. The number of rotatable bonds is 2. The van der Waals surface area contributed by atoms with Crippen molar-refractivity contribution >= 4 is 45.7 Å². The predicted octanol–water partition coefficient (Wildman–Crippen LogP) is 4.26. The summed E-state index contributed by atoms with van der Waals surface area (Å²) in [6.07, 6.45) is 3.57. The van der Waals surface area contributed by atoms with E-state index in [-0.39, 0.29) is 11.4 Å². The summed E-state index contributed by atoms with van der Waals surface area (Å²) in [4.78, 5) is 8.53. The first kappa shape index (κ1) is 16.1.